The number of ether oxygens (including phenoxy) is 1. The summed E-state index contributed by atoms with van der Waals surface area (Å²) in [6.45, 7) is 12.1. The summed E-state index contributed by atoms with van der Waals surface area (Å²) in [6, 6.07) is 1.98. The van der Waals surface area contributed by atoms with Crippen LogP contribution in [0.3, 0.4) is 0 Å². The maximum absolute atomic E-state index is 14.2. The van der Waals surface area contributed by atoms with Gasteiger partial charge in [-0.3, -0.25) is 19.2 Å². The Bertz CT molecular complexity index is 1350. The summed E-state index contributed by atoms with van der Waals surface area (Å²) >= 11 is 5.98. The molecule has 44 heavy (non-hydrogen) atoms. The zero-order valence-corrected chi connectivity index (χ0v) is 27.0. The maximum atomic E-state index is 14.2. The Morgan fingerprint density at radius 2 is 1.86 bits per heavy atom. The number of carbonyl (C=O) groups is 5. The number of alkyl carbamates (subject to hydrolysis) is 1. The van der Waals surface area contributed by atoms with Gasteiger partial charge in [0, 0.05) is 30.7 Å². The summed E-state index contributed by atoms with van der Waals surface area (Å²) in [4.78, 5) is 72.4. The van der Waals surface area contributed by atoms with Gasteiger partial charge in [0.2, 0.25) is 11.7 Å². The third-order valence-corrected chi connectivity index (χ3v) is 7.91. The number of amides is 3. The first-order valence-corrected chi connectivity index (χ1v) is 15.0. The number of nitrogens with one attached hydrogen (secondary N) is 1. The minimum Gasteiger partial charge on any atom is -0.444 e. The number of benzene rings is 1. The van der Waals surface area contributed by atoms with Crippen molar-refractivity contribution in [3.8, 4) is 0 Å². The SMILES string of the molecule is CCC[C@H](CC(=O)[C@@H]1C[C@]2(CC(c3ccc(F)c(Cl)c3)=NO2)CN1C(=O)[C@@H](NC(=O)OC(C)(C)C)C(C)(C)C)C(=O)C(N)=O. The predicted molar refractivity (Wildman–Crippen MR) is 161 cm³/mol. The molecule has 0 radical (unpaired) electrons. The lowest BCUT2D eigenvalue weighted by atomic mass is 9.85. The number of carbonyl (C=O) groups excluding carboxylic acids is 5. The highest BCUT2D eigenvalue weighted by atomic mass is 35.5. The summed E-state index contributed by atoms with van der Waals surface area (Å²) in [7, 11) is 0. The first-order valence-electron chi connectivity index (χ1n) is 14.6. The van der Waals surface area contributed by atoms with Gasteiger partial charge in [0.15, 0.2) is 11.4 Å². The first kappa shape index (κ1) is 34.9. The topological polar surface area (TPSA) is 157 Å². The molecule has 242 valence electrons. The van der Waals surface area contributed by atoms with Crippen LogP contribution in [0.5, 0.6) is 0 Å². The number of nitrogens with two attached hydrogens (primary N) is 1. The van der Waals surface area contributed by atoms with Gasteiger partial charge >= 0.3 is 6.09 Å². The van der Waals surface area contributed by atoms with Crippen molar-refractivity contribution in [2.75, 3.05) is 6.54 Å². The van der Waals surface area contributed by atoms with Gasteiger partial charge in [0.25, 0.3) is 5.91 Å². The predicted octanol–water partition coefficient (Wildman–Crippen LogP) is 4.31. The summed E-state index contributed by atoms with van der Waals surface area (Å²) in [6.07, 6.45) is -0.0951. The molecule has 0 aromatic heterocycles. The largest absolute Gasteiger partial charge is 0.444 e. The second-order valence-corrected chi connectivity index (χ2v) is 14.0. The van der Waals surface area contributed by atoms with E-state index in [4.69, 9.17) is 26.9 Å². The van der Waals surface area contributed by atoms with Gasteiger partial charge in [0.1, 0.15) is 17.5 Å². The van der Waals surface area contributed by atoms with Gasteiger partial charge in [-0.25, -0.2) is 9.18 Å². The van der Waals surface area contributed by atoms with E-state index in [1.54, 1.807) is 41.5 Å². The molecular formula is C31H42ClFN4O7. The highest BCUT2D eigenvalue weighted by Gasteiger charge is 2.55. The molecule has 13 heteroatoms. The molecule has 0 saturated carbocycles. The quantitative estimate of drug-likeness (QED) is 0.362. The van der Waals surface area contributed by atoms with Gasteiger partial charge < -0.3 is 25.5 Å². The molecule has 1 spiro atoms. The number of oxime groups is 1. The number of likely N-dealkylation sites (tertiary alicyclic amines) is 1. The number of hydrogen-bond acceptors (Lipinski definition) is 8. The standard InChI is InChI=1S/C31H42ClFN4O7/c1-8-9-18(24(39)26(34)40)13-23(38)22-15-31(14-21(36-44-31)17-10-11-20(33)19(32)12-17)16-37(22)27(41)25(29(2,3)4)35-28(42)43-30(5,6)7/h10-12,18,22,25H,8-9,13-16H2,1-7H3,(H2,34,40)(H,35,42)/t18-,22+,25-,31-/m1/s1. The van der Waals surface area contributed by atoms with E-state index in [1.165, 1.54) is 23.1 Å². The van der Waals surface area contributed by atoms with Crippen molar-refractivity contribution < 1.29 is 37.9 Å². The van der Waals surface area contributed by atoms with E-state index in [1.807, 2.05) is 6.92 Å². The van der Waals surface area contributed by atoms with Crippen LogP contribution >= 0.6 is 11.6 Å². The Hall–Kier alpha value is -3.54. The van der Waals surface area contributed by atoms with Crippen molar-refractivity contribution in [1.29, 1.82) is 0 Å². The molecule has 0 aliphatic carbocycles. The van der Waals surface area contributed by atoms with E-state index in [2.05, 4.69) is 10.5 Å². The number of halogens is 2. The number of rotatable bonds is 10. The Morgan fingerprint density at radius 1 is 1.20 bits per heavy atom. The van der Waals surface area contributed by atoms with Gasteiger partial charge in [-0.2, -0.15) is 0 Å². The fourth-order valence-electron chi connectivity index (χ4n) is 5.51. The number of Topliss-reactive ketones (excluding diaryl/α,β-unsaturated/α-hetero) is 2. The van der Waals surface area contributed by atoms with E-state index in [0.717, 1.165) is 0 Å². The molecular weight excluding hydrogens is 595 g/mol. The average molecular weight is 637 g/mol. The Morgan fingerprint density at radius 3 is 2.41 bits per heavy atom. The van der Waals surface area contributed by atoms with Crippen molar-refractivity contribution >= 4 is 46.8 Å². The minimum absolute atomic E-state index is 0.0341. The Labute approximate surface area is 262 Å². The fraction of sp³-hybridized carbons (Fsp3) is 0.613. The van der Waals surface area contributed by atoms with Crippen LogP contribution in [0.15, 0.2) is 23.4 Å². The zero-order valence-electron chi connectivity index (χ0n) is 26.3. The smallest absolute Gasteiger partial charge is 0.408 e. The monoisotopic (exact) mass is 636 g/mol. The summed E-state index contributed by atoms with van der Waals surface area (Å²) in [5.74, 6) is -4.50. The van der Waals surface area contributed by atoms with Crippen LogP contribution in [-0.4, -0.2) is 69.9 Å². The van der Waals surface area contributed by atoms with Crippen molar-refractivity contribution in [3.05, 3.63) is 34.6 Å². The molecule has 2 aliphatic heterocycles. The van der Waals surface area contributed by atoms with Crippen molar-refractivity contribution in [1.82, 2.24) is 10.2 Å². The molecule has 1 fully saturated rings. The van der Waals surface area contributed by atoms with Crippen LogP contribution in [0.2, 0.25) is 5.02 Å². The van der Waals surface area contributed by atoms with Gasteiger partial charge in [0.05, 0.1) is 23.3 Å². The van der Waals surface area contributed by atoms with Crippen LogP contribution in [0.4, 0.5) is 9.18 Å². The highest BCUT2D eigenvalue weighted by Crippen LogP contribution is 2.41. The minimum atomic E-state index is -1.13. The number of nitrogens with zero attached hydrogens (tertiary/aromatic N) is 2. The second kappa shape index (κ2) is 13.2. The van der Waals surface area contributed by atoms with E-state index in [0.29, 0.717) is 17.7 Å². The van der Waals surface area contributed by atoms with Gasteiger partial charge in [-0.1, -0.05) is 56.9 Å². The second-order valence-electron chi connectivity index (χ2n) is 13.6. The third kappa shape index (κ3) is 8.34. The lowest BCUT2D eigenvalue weighted by Crippen LogP contribution is -2.57. The lowest BCUT2D eigenvalue weighted by molar-refractivity contribution is -0.143. The van der Waals surface area contributed by atoms with Crippen molar-refractivity contribution in [3.63, 3.8) is 0 Å². The third-order valence-electron chi connectivity index (χ3n) is 7.62. The molecule has 11 nitrogen and oxygen atoms in total. The van der Waals surface area contributed by atoms with Crippen LogP contribution < -0.4 is 11.1 Å². The highest BCUT2D eigenvalue weighted by molar-refractivity contribution is 6.36. The van der Waals surface area contributed by atoms with Crippen molar-refractivity contribution in [2.45, 2.75) is 104 Å². The fourth-order valence-corrected chi connectivity index (χ4v) is 5.69. The van der Waals surface area contributed by atoms with E-state index < -0.39 is 69.9 Å². The molecule has 0 unspecified atom stereocenters. The first-order chi connectivity index (χ1) is 20.3. The normalized spacial score (nSPS) is 21.3. The Balaban J connectivity index is 1.96. The molecule has 3 N–H and O–H groups in total. The Kier molecular flexibility index (Phi) is 10.5. The molecule has 0 bridgehead atoms. The number of ketones is 2. The lowest BCUT2D eigenvalue weighted by Gasteiger charge is -2.36. The molecule has 2 heterocycles. The average Bonchev–Trinajstić information content (AvgIpc) is 3.49. The number of primary amides is 1. The molecule has 1 aromatic carbocycles. The van der Waals surface area contributed by atoms with Crippen LogP contribution in [0.25, 0.3) is 0 Å². The summed E-state index contributed by atoms with van der Waals surface area (Å²) < 4.78 is 19.2. The number of hydrogen-bond donors (Lipinski definition) is 2. The summed E-state index contributed by atoms with van der Waals surface area (Å²) in [5.41, 5.74) is 3.50. The molecule has 4 atom stereocenters. The maximum Gasteiger partial charge on any atom is 0.408 e. The molecule has 1 aromatic rings. The van der Waals surface area contributed by atoms with Gasteiger partial charge in [-0.05, 0) is 44.7 Å². The van der Waals surface area contributed by atoms with Crippen LogP contribution in [0, 0.1) is 17.2 Å². The van der Waals surface area contributed by atoms with Crippen molar-refractivity contribution in [2.24, 2.45) is 22.2 Å². The van der Waals surface area contributed by atoms with Gasteiger partial charge in [-0.15, -0.1) is 0 Å². The van der Waals surface area contributed by atoms with Crippen LogP contribution in [0.1, 0.15) is 86.1 Å². The summed E-state index contributed by atoms with van der Waals surface area (Å²) in [5, 5.41) is 6.78. The molecule has 3 rings (SSSR count). The van der Waals surface area contributed by atoms with E-state index >= 15 is 0 Å². The zero-order chi connectivity index (χ0) is 33.2. The van der Waals surface area contributed by atoms with Crippen LogP contribution in [-0.2, 0) is 28.8 Å². The van der Waals surface area contributed by atoms with E-state index in [9.17, 15) is 28.4 Å². The van der Waals surface area contributed by atoms with E-state index in [-0.39, 0.29) is 37.3 Å². The molecule has 1 saturated heterocycles. The molecule has 3 amide bonds. The molecule has 2 aliphatic rings.